The van der Waals surface area contributed by atoms with Gasteiger partial charge < -0.3 is 9.47 Å². The third-order valence-electron chi connectivity index (χ3n) is 5.67. The molecule has 184 valence electrons. The lowest BCUT2D eigenvalue weighted by Crippen LogP contribution is -2.32. The van der Waals surface area contributed by atoms with Gasteiger partial charge in [0, 0.05) is 5.02 Å². The van der Waals surface area contributed by atoms with E-state index in [0.717, 1.165) is 27.4 Å². The molecule has 0 spiro atoms. The Morgan fingerprint density at radius 3 is 2.35 bits per heavy atom. The number of halogens is 1. The van der Waals surface area contributed by atoms with Gasteiger partial charge in [0.2, 0.25) is 0 Å². The SMILES string of the molecule is O=C(Oc1ccc(/C=C2\SC(=O)N(CCOc3ccc(Cl)cc3)C2=O)cc1)c1cccc2ccccc12. The molecule has 1 aliphatic heterocycles. The minimum absolute atomic E-state index is 0.133. The summed E-state index contributed by atoms with van der Waals surface area (Å²) in [6.07, 6.45) is 1.64. The average Bonchev–Trinajstić information content (AvgIpc) is 3.17. The monoisotopic (exact) mass is 529 g/mol. The zero-order valence-electron chi connectivity index (χ0n) is 19.4. The highest BCUT2D eigenvalue weighted by molar-refractivity contribution is 8.18. The highest BCUT2D eigenvalue weighted by atomic mass is 35.5. The van der Waals surface area contributed by atoms with Crippen molar-refractivity contribution in [3.63, 3.8) is 0 Å². The van der Waals surface area contributed by atoms with Crippen LogP contribution < -0.4 is 9.47 Å². The van der Waals surface area contributed by atoms with Gasteiger partial charge in [-0.05, 0) is 76.6 Å². The number of ether oxygens (including phenoxy) is 2. The number of esters is 1. The van der Waals surface area contributed by atoms with E-state index >= 15 is 0 Å². The maximum atomic E-state index is 12.8. The number of imide groups is 1. The summed E-state index contributed by atoms with van der Waals surface area (Å²) in [5, 5.41) is 2.02. The number of hydrogen-bond donors (Lipinski definition) is 0. The molecule has 1 heterocycles. The van der Waals surface area contributed by atoms with E-state index in [0.29, 0.717) is 32.6 Å². The number of hydrogen-bond acceptors (Lipinski definition) is 6. The quantitative estimate of drug-likeness (QED) is 0.148. The maximum Gasteiger partial charge on any atom is 0.344 e. The number of amides is 2. The van der Waals surface area contributed by atoms with Crippen molar-refractivity contribution in [2.75, 3.05) is 13.2 Å². The zero-order valence-corrected chi connectivity index (χ0v) is 21.0. The van der Waals surface area contributed by atoms with Crippen molar-refractivity contribution in [2.45, 2.75) is 0 Å². The van der Waals surface area contributed by atoms with Crippen molar-refractivity contribution >= 4 is 57.3 Å². The number of carbonyl (C=O) groups excluding carboxylic acids is 3. The summed E-state index contributed by atoms with van der Waals surface area (Å²) in [6, 6.07) is 26.7. The first-order valence-electron chi connectivity index (χ1n) is 11.4. The van der Waals surface area contributed by atoms with E-state index in [1.165, 1.54) is 0 Å². The van der Waals surface area contributed by atoms with Crippen LogP contribution in [0.5, 0.6) is 11.5 Å². The van der Waals surface area contributed by atoms with Crippen molar-refractivity contribution in [1.82, 2.24) is 4.90 Å². The zero-order chi connectivity index (χ0) is 25.8. The number of fused-ring (bicyclic) bond motifs is 1. The average molecular weight is 530 g/mol. The Morgan fingerprint density at radius 1 is 0.865 bits per heavy atom. The van der Waals surface area contributed by atoms with Crippen LogP contribution in [0.4, 0.5) is 4.79 Å². The van der Waals surface area contributed by atoms with Gasteiger partial charge in [-0.25, -0.2) is 4.79 Å². The molecule has 2 amide bonds. The minimum Gasteiger partial charge on any atom is -0.492 e. The number of nitrogens with zero attached hydrogens (tertiary/aromatic N) is 1. The van der Waals surface area contributed by atoms with E-state index in [4.69, 9.17) is 21.1 Å². The van der Waals surface area contributed by atoms with Crippen LogP contribution in [0, 0.1) is 0 Å². The number of benzene rings is 4. The predicted octanol–water partition coefficient (Wildman–Crippen LogP) is 6.83. The molecule has 8 heteroatoms. The molecule has 0 unspecified atom stereocenters. The van der Waals surface area contributed by atoms with Crippen LogP contribution in [-0.2, 0) is 4.79 Å². The van der Waals surface area contributed by atoms with Gasteiger partial charge >= 0.3 is 5.97 Å². The van der Waals surface area contributed by atoms with Gasteiger partial charge in [0.05, 0.1) is 17.0 Å². The van der Waals surface area contributed by atoms with Crippen molar-refractivity contribution in [1.29, 1.82) is 0 Å². The molecule has 0 saturated carbocycles. The molecule has 0 atom stereocenters. The van der Waals surface area contributed by atoms with Crippen LogP contribution in [0.15, 0.2) is 95.9 Å². The Bertz CT molecular complexity index is 1510. The molecule has 0 N–H and O–H groups in total. The summed E-state index contributed by atoms with van der Waals surface area (Å²) in [7, 11) is 0. The van der Waals surface area contributed by atoms with Gasteiger partial charge in [-0.15, -0.1) is 0 Å². The highest BCUT2D eigenvalue weighted by Crippen LogP contribution is 2.32. The fourth-order valence-electron chi connectivity index (χ4n) is 3.83. The molecular weight excluding hydrogens is 510 g/mol. The Morgan fingerprint density at radius 2 is 1.57 bits per heavy atom. The molecule has 1 saturated heterocycles. The first-order valence-corrected chi connectivity index (χ1v) is 12.6. The van der Waals surface area contributed by atoms with Gasteiger partial charge in [0.1, 0.15) is 18.1 Å². The van der Waals surface area contributed by atoms with E-state index in [2.05, 4.69) is 0 Å². The lowest BCUT2D eigenvalue weighted by Gasteiger charge is -2.13. The fraction of sp³-hybridized carbons (Fsp3) is 0.0690. The smallest absolute Gasteiger partial charge is 0.344 e. The van der Waals surface area contributed by atoms with E-state index < -0.39 is 5.97 Å². The van der Waals surface area contributed by atoms with Crippen LogP contribution >= 0.6 is 23.4 Å². The molecule has 1 aliphatic rings. The normalized spacial score (nSPS) is 14.4. The largest absolute Gasteiger partial charge is 0.492 e. The number of carbonyl (C=O) groups is 3. The van der Waals surface area contributed by atoms with E-state index in [-0.39, 0.29) is 24.3 Å². The van der Waals surface area contributed by atoms with E-state index in [1.54, 1.807) is 60.7 Å². The number of rotatable bonds is 7. The topological polar surface area (TPSA) is 72.9 Å². The summed E-state index contributed by atoms with van der Waals surface area (Å²) in [6.45, 7) is 0.303. The Labute approximate surface area is 222 Å². The molecule has 4 aromatic rings. The standard InChI is InChI=1S/C29H20ClNO5S/c30-21-10-14-22(15-11-21)35-17-16-31-27(32)26(37-29(31)34)18-19-8-12-23(13-9-19)36-28(33)25-7-3-5-20-4-1-2-6-24(20)25/h1-15,18H,16-17H2/b26-18-. The van der Waals surface area contributed by atoms with E-state index in [1.807, 2.05) is 36.4 Å². The lowest BCUT2D eigenvalue weighted by atomic mass is 10.0. The first-order chi connectivity index (χ1) is 18.0. The highest BCUT2D eigenvalue weighted by Gasteiger charge is 2.34. The molecule has 0 aliphatic carbocycles. The molecule has 6 nitrogen and oxygen atoms in total. The van der Waals surface area contributed by atoms with Crippen LogP contribution in [0.25, 0.3) is 16.8 Å². The second-order valence-electron chi connectivity index (χ2n) is 8.12. The maximum absolute atomic E-state index is 12.8. The van der Waals surface area contributed by atoms with Crippen molar-refractivity contribution < 1.29 is 23.9 Å². The van der Waals surface area contributed by atoms with Crippen molar-refractivity contribution in [3.8, 4) is 11.5 Å². The molecule has 1 fully saturated rings. The second kappa shape index (κ2) is 10.9. The van der Waals surface area contributed by atoms with Crippen molar-refractivity contribution in [3.05, 3.63) is 112 Å². The van der Waals surface area contributed by atoms with Gasteiger partial charge in [-0.3, -0.25) is 14.5 Å². The number of thioether (sulfide) groups is 1. The van der Waals surface area contributed by atoms with E-state index in [9.17, 15) is 14.4 Å². The molecule has 5 rings (SSSR count). The molecule has 0 radical (unpaired) electrons. The Kier molecular flexibility index (Phi) is 7.25. The molecule has 37 heavy (non-hydrogen) atoms. The summed E-state index contributed by atoms with van der Waals surface area (Å²) in [5.41, 5.74) is 1.18. The summed E-state index contributed by atoms with van der Waals surface area (Å²) >= 11 is 6.74. The van der Waals surface area contributed by atoms with Crippen molar-refractivity contribution in [2.24, 2.45) is 0 Å². The third-order valence-corrected chi connectivity index (χ3v) is 6.83. The third kappa shape index (κ3) is 5.69. The summed E-state index contributed by atoms with van der Waals surface area (Å²) < 4.78 is 11.2. The molecular formula is C29H20ClNO5S. The lowest BCUT2D eigenvalue weighted by molar-refractivity contribution is -0.123. The second-order valence-corrected chi connectivity index (χ2v) is 9.55. The van der Waals surface area contributed by atoms with Gasteiger partial charge in [0.15, 0.2) is 0 Å². The Hall–Kier alpha value is -4.07. The first kappa shape index (κ1) is 24.6. The summed E-state index contributed by atoms with van der Waals surface area (Å²) in [5.74, 6) is 0.156. The fourth-order valence-corrected chi connectivity index (χ4v) is 4.82. The van der Waals surface area contributed by atoms with Crippen LogP contribution in [0.2, 0.25) is 5.02 Å². The van der Waals surface area contributed by atoms with Crippen LogP contribution in [0.3, 0.4) is 0 Å². The van der Waals surface area contributed by atoms with Gasteiger partial charge in [0.25, 0.3) is 11.1 Å². The minimum atomic E-state index is -0.452. The molecule has 0 aromatic heterocycles. The van der Waals surface area contributed by atoms with Gasteiger partial charge in [-0.1, -0.05) is 60.1 Å². The predicted molar refractivity (Wildman–Crippen MR) is 145 cm³/mol. The Balaban J connectivity index is 1.21. The summed E-state index contributed by atoms with van der Waals surface area (Å²) in [4.78, 5) is 39.4. The molecule has 0 bridgehead atoms. The van der Waals surface area contributed by atoms with Gasteiger partial charge in [-0.2, -0.15) is 0 Å². The molecule has 4 aromatic carbocycles. The van der Waals surface area contributed by atoms with Crippen LogP contribution in [-0.4, -0.2) is 35.2 Å². The van der Waals surface area contributed by atoms with Crippen LogP contribution in [0.1, 0.15) is 15.9 Å².